The maximum atomic E-state index is 11.7. The number of anilines is 1. The lowest BCUT2D eigenvalue weighted by molar-refractivity contribution is -0.111. The van der Waals surface area contributed by atoms with Crippen LogP contribution < -0.4 is 5.32 Å². The molecule has 3 nitrogen and oxygen atoms in total. The van der Waals surface area contributed by atoms with Gasteiger partial charge in [0.15, 0.2) is 0 Å². The lowest BCUT2D eigenvalue weighted by atomic mass is 10.2. The second-order valence-electron chi connectivity index (χ2n) is 4.07. The Morgan fingerprint density at radius 3 is 2.68 bits per heavy atom. The second kappa shape index (κ2) is 6.16. The number of nitrogens with zero attached hydrogens (tertiary/aromatic N) is 1. The molecule has 0 aliphatic heterocycles. The zero-order valence-corrected chi connectivity index (χ0v) is 11.2. The molecular formula is C15H13ClN2O. The van der Waals surface area contributed by atoms with Gasteiger partial charge in [0.1, 0.15) is 0 Å². The van der Waals surface area contributed by atoms with E-state index in [9.17, 15) is 4.79 Å². The van der Waals surface area contributed by atoms with Crippen molar-refractivity contribution in [3.63, 3.8) is 0 Å². The average molecular weight is 273 g/mol. The number of hydrogen-bond donors (Lipinski definition) is 1. The SMILES string of the molecule is Cc1ccc(NC(=O)/C=C/c2ccncc2)cc1Cl. The third-order valence-corrected chi connectivity index (χ3v) is 2.98. The van der Waals surface area contributed by atoms with Gasteiger partial charge in [-0.15, -0.1) is 0 Å². The first kappa shape index (κ1) is 13.3. The van der Waals surface area contributed by atoms with Crippen LogP contribution in [0.4, 0.5) is 5.69 Å². The van der Waals surface area contributed by atoms with Crippen molar-refractivity contribution >= 4 is 29.3 Å². The van der Waals surface area contributed by atoms with Gasteiger partial charge in [0, 0.05) is 29.2 Å². The maximum Gasteiger partial charge on any atom is 0.248 e. The highest BCUT2D eigenvalue weighted by Crippen LogP contribution is 2.19. The minimum absolute atomic E-state index is 0.197. The van der Waals surface area contributed by atoms with Gasteiger partial charge in [-0.2, -0.15) is 0 Å². The molecule has 0 bridgehead atoms. The zero-order valence-electron chi connectivity index (χ0n) is 10.4. The van der Waals surface area contributed by atoms with Gasteiger partial charge in [0.05, 0.1) is 0 Å². The van der Waals surface area contributed by atoms with Crippen molar-refractivity contribution in [2.24, 2.45) is 0 Å². The summed E-state index contributed by atoms with van der Waals surface area (Å²) in [4.78, 5) is 15.6. The van der Waals surface area contributed by atoms with Crippen molar-refractivity contribution in [2.45, 2.75) is 6.92 Å². The second-order valence-corrected chi connectivity index (χ2v) is 4.47. The number of rotatable bonds is 3. The van der Waals surface area contributed by atoms with Crippen LogP contribution in [-0.4, -0.2) is 10.9 Å². The number of nitrogens with one attached hydrogen (secondary N) is 1. The topological polar surface area (TPSA) is 42.0 Å². The van der Waals surface area contributed by atoms with Crippen molar-refractivity contribution in [2.75, 3.05) is 5.32 Å². The van der Waals surface area contributed by atoms with Gasteiger partial charge >= 0.3 is 0 Å². The molecule has 0 aliphatic rings. The number of amides is 1. The van der Waals surface area contributed by atoms with E-state index in [1.165, 1.54) is 6.08 Å². The molecule has 1 N–H and O–H groups in total. The van der Waals surface area contributed by atoms with E-state index in [1.807, 2.05) is 31.2 Å². The number of pyridine rings is 1. The minimum Gasteiger partial charge on any atom is -0.322 e. The highest BCUT2D eigenvalue weighted by molar-refractivity contribution is 6.31. The van der Waals surface area contributed by atoms with Crippen molar-refractivity contribution < 1.29 is 4.79 Å². The largest absolute Gasteiger partial charge is 0.322 e. The van der Waals surface area contributed by atoms with E-state index < -0.39 is 0 Å². The first-order chi connectivity index (χ1) is 9.15. The third-order valence-electron chi connectivity index (χ3n) is 2.57. The van der Waals surface area contributed by atoms with Gasteiger partial charge in [-0.05, 0) is 48.4 Å². The molecule has 0 atom stereocenters. The summed E-state index contributed by atoms with van der Waals surface area (Å²) in [6, 6.07) is 9.07. The third kappa shape index (κ3) is 3.93. The summed E-state index contributed by atoms with van der Waals surface area (Å²) in [5.41, 5.74) is 2.58. The van der Waals surface area contributed by atoms with E-state index in [4.69, 9.17) is 11.6 Å². The van der Waals surface area contributed by atoms with Crippen LogP contribution in [-0.2, 0) is 4.79 Å². The molecule has 0 unspecified atom stereocenters. The summed E-state index contributed by atoms with van der Waals surface area (Å²) in [6.45, 7) is 1.91. The highest BCUT2D eigenvalue weighted by Gasteiger charge is 2.00. The lowest BCUT2D eigenvalue weighted by Crippen LogP contribution is -2.07. The molecule has 0 radical (unpaired) electrons. The molecule has 1 heterocycles. The van der Waals surface area contributed by atoms with Crippen LogP contribution in [0.2, 0.25) is 5.02 Å². The molecule has 96 valence electrons. The molecule has 1 aromatic heterocycles. The van der Waals surface area contributed by atoms with Crippen LogP contribution >= 0.6 is 11.6 Å². The Balaban J connectivity index is 2.01. The molecule has 0 spiro atoms. The molecule has 0 saturated heterocycles. The lowest BCUT2D eigenvalue weighted by Gasteiger charge is -2.04. The summed E-state index contributed by atoms with van der Waals surface area (Å²) in [5.74, 6) is -0.197. The summed E-state index contributed by atoms with van der Waals surface area (Å²) in [7, 11) is 0. The molecule has 1 amide bonds. The first-order valence-corrected chi connectivity index (χ1v) is 6.18. The molecule has 1 aromatic carbocycles. The molecule has 0 saturated carbocycles. The molecule has 4 heteroatoms. The van der Waals surface area contributed by atoms with Gasteiger partial charge in [-0.25, -0.2) is 0 Å². The Morgan fingerprint density at radius 1 is 1.26 bits per heavy atom. The number of aryl methyl sites for hydroxylation is 1. The van der Waals surface area contributed by atoms with Crippen LogP contribution in [0, 0.1) is 6.92 Å². The Bertz CT molecular complexity index is 609. The van der Waals surface area contributed by atoms with Gasteiger partial charge in [-0.3, -0.25) is 9.78 Å². The smallest absolute Gasteiger partial charge is 0.248 e. The zero-order chi connectivity index (χ0) is 13.7. The normalized spacial score (nSPS) is 10.6. The predicted octanol–water partition coefficient (Wildman–Crippen LogP) is 3.70. The fraction of sp³-hybridized carbons (Fsp3) is 0.0667. The minimum atomic E-state index is -0.197. The van der Waals surface area contributed by atoms with E-state index in [0.717, 1.165) is 11.1 Å². The van der Waals surface area contributed by atoms with Crippen molar-refractivity contribution in [1.29, 1.82) is 0 Å². The molecular weight excluding hydrogens is 260 g/mol. The molecule has 0 fully saturated rings. The number of carbonyl (C=O) groups is 1. The highest BCUT2D eigenvalue weighted by atomic mass is 35.5. The molecule has 2 rings (SSSR count). The van der Waals surface area contributed by atoms with Crippen LogP contribution in [0.25, 0.3) is 6.08 Å². The summed E-state index contributed by atoms with van der Waals surface area (Å²) in [6.07, 6.45) is 6.56. The number of halogens is 1. The van der Waals surface area contributed by atoms with Crippen molar-refractivity contribution in [3.8, 4) is 0 Å². The fourth-order valence-corrected chi connectivity index (χ4v) is 1.68. The van der Waals surface area contributed by atoms with Gasteiger partial charge in [-0.1, -0.05) is 17.7 Å². The Morgan fingerprint density at radius 2 is 2.00 bits per heavy atom. The van der Waals surface area contributed by atoms with Crippen molar-refractivity contribution in [1.82, 2.24) is 4.98 Å². The summed E-state index contributed by atoms with van der Waals surface area (Å²) >= 11 is 5.99. The number of benzene rings is 1. The maximum absolute atomic E-state index is 11.7. The van der Waals surface area contributed by atoms with Crippen LogP contribution in [0.1, 0.15) is 11.1 Å². The van der Waals surface area contributed by atoms with E-state index >= 15 is 0 Å². The number of aromatic nitrogens is 1. The predicted molar refractivity (Wildman–Crippen MR) is 78.1 cm³/mol. The van der Waals surface area contributed by atoms with Crippen LogP contribution in [0.15, 0.2) is 48.8 Å². The monoisotopic (exact) mass is 272 g/mol. The molecule has 2 aromatic rings. The van der Waals surface area contributed by atoms with Crippen molar-refractivity contribution in [3.05, 3.63) is 65.0 Å². The summed E-state index contributed by atoms with van der Waals surface area (Å²) in [5, 5.41) is 3.39. The Hall–Kier alpha value is -2.13. The van der Waals surface area contributed by atoms with E-state index in [2.05, 4.69) is 10.3 Å². The quantitative estimate of drug-likeness (QED) is 0.866. The molecule has 19 heavy (non-hydrogen) atoms. The van der Waals surface area contributed by atoms with Crippen LogP contribution in [0.5, 0.6) is 0 Å². The van der Waals surface area contributed by atoms with E-state index in [1.54, 1.807) is 24.5 Å². The van der Waals surface area contributed by atoms with Gasteiger partial charge < -0.3 is 5.32 Å². The standard InChI is InChI=1S/C15H13ClN2O/c1-11-2-4-13(10-14(11)16)18-15(19)5-3-12-6-8-17-9-7-12/h2-10H,1H3,(H,18,19)/b5-3+. The van der Waals surface area contributed by atoms with E-state index in [0.29, 0.717) is 10.7 Å². The Labute approximate surface area is 116 Å². The fourth-order valence-electron chi connectivity index (χ4n) is 1.50. The van der Waals surface area contributed by atoms with E-state index in [-0.39, 0.29) is 5.91 Å². The number of hydrogen-bond acceptors (Lipinski definition) is 2. The average Bonchev–Trinajstić information content (AvgIpc) is 2.42. The van der Waals surface area contributed by atoms with Gasteiger partial charge in [0.25, 0.3) is 0 Å². The molecule has 0 aliphatic carbocycles. The first-order valence-electron chi connectivity index (χ1n) is 5.80. The number of carbonyl (C=O) groups excluding carboxylic acids is 1. The van der Waals surface area contributed by atoms with Crippen LogP contribution in [0.3, 0.4) is 0 Å². The summed E-state index contributed by atoms with van der Waals surface area (Å²) < 4.78 is 0. The Kier molecular flexibility index (Phi) is 4.31. The van der Waals surface area contributed by atoms with Gasteiger partial charge in [0.2, 0.25) is 5.91 Å².